The molecule has 0 saturated heterocycles. The van der Waals surface area contributed by atoms with Gasteiger partial charge in [0.05, 0.1) is 217 Å². The molecule has 0 saturated carbocycles. The van der Waals surface area contributed by atoms with Crippen molar-refractivity contribution < 1.29 is 90.1 Å². The molecule has 0 aliphatic heterocycles. The predicted octanol–water partition coefficient (Wildman–Crippen LogP) is 3.80. The number of benzene rings is 2. The van der Waals surface area contributed by atoms with E-state index >= 15 is 0 Å². The van der Waals surface area contributed by atoms with Crippen LogP contribution in [-0.2, 0) is 80.5 Å². The van der Waals surface area contributed by atoms with E-state index in [0.717, 1.165) is 16.9 Å². The van der Waals surface area contributed by atoms with Gasteiger partial charge in [-0.15, -0.1) is 0 Å². The molecule has 19 heteroatoms. The Bertz CT molecular complexity index is 1320. The lowest BCUT2D eigenvalue weighted by atomic mass is 10.0. The lowest BCUT2D eigenvalue weighted by molar-refractivity contribution is -0.0303. The molecule has 0 aliphatic carbocycles. The topological polar surface area (TPSA) is 183 Å². The first-order valence-corrected chi connectivity index (χ1v) is 23.4. The minimum atomic E-state index is -0.319. The van der Waals surface area contributed by atoms with Crippen LogP contribution in [0.1, 0.15) is 17.3 Å². The molecule has 2 rings (SSSR count). The van der Waals surface area contributed by atoms with E-state index in [1.807, 2.05) is 36.4 Å². The summed E-state index contributed by atoms with van der Waals surface area (Å²) in [5.41, 5.74) is 2.57. The van der Waals surface area contributed by atoms with Crippen molar-refractivity contribution in [3.05, 3.63) is 54.1 Å². The molecule has 0 amide bonds. The summed E-state index contributed by atoms with van der Waals surface area (Å²) in [6.45, 7) is 18.1. The average Bonchev–Trinajstić information content (AvgIpc) is 3.35. The summed E-state index contributed by atoms with van der Waals surface area (Å²) in [6, 6.07) is 15.1. The van der Waals surface area contributed by atoms with Crippen LogP contribution in [-0.4, -0.2) is 231 Å². The number of carbonyl (C=O) groups excluding carboxylic acids is 1. The number of hydrogen-bond acceptors (Lipinski definition) is 19. The molecule has 0 spiro atoms. The second-order valence-electron chi connectivity index (χ2n) is 13.8. The number of hydrogen-bond donors (Lipinski definition) is 0. The minimum Gasteiger partial charge on any atom is -0.491 e. The van der Waals surface area contributed by atoms with E-state index < -0.39 is 0 Å². The van der Waals surface area contributed by atoms with E-state index in [1.54, 1.807) is 26.2 Å². The number of esters is 1. The normalized spacial score (nSPS) is 11.4. The molecule has 0 bridgehead atoms. The summed E-state index contributed by atoms with van der Waals surface area (Å²) < 4.78 is 98.1. The van der Waals surface area contributed by atoms with E-state index in [9.17, 15) is 4.79 Å². The molecule has 19 nitrogen and oxygen atoms in total. The Labute approximate surface area is 398 Å². The molecule has 2 aromatic rings. The number of methoxy groups -OCH3 is 1. The van der Waals surface area contributed by atoms with Crippen molar-refractivity contribution in [1.29, 1.82) is 0 Å². The smallest absolute Gasteiger partial charge is 0.338 e. The third-order valence-electron chi connectivity index (χ3n) is 8.72. The average molecular weight is 961 g/mol. The number of ether oxygens (including phenoxy) is 18. The van der Waals surface area contributed by atoms with Crippen LogP contribution in [0.2, 0.25) is 0 Å². The van der Waals surface area contributed by atoms with Crippen LogP contribution in [0.15, 0.2) is 48.5 Å². The van der Waals surface area contributed by atoms with Crippen molar-refractivity contribution in [3.63, 3.8) is 0 Å². The maximum atomic E-state index is 11.8. The lowest BCUT2D eigenvalue weighted by Crippen LogP contribution is -2.16. The Morgan fingerprint density at radius 1 is 0.313 bits per heavy atom. The fraction of sp³-hybridized carbons (Fsp3) is 0.729. The maximum Gasteiger partial charge on any atom is 0.338 e. The zero-order valence-electron chi connectivity index (χ0n) is 40.2. The quantitative estimate of drug-likeness (QED) is 0.0689. The SMILES string of the molecule is CCOC(=O)c1ccc(-c2ccc(OCCOCCOCCOCCOCCOCCOCCOCCOCCOCCOCCOCCOCCOCCOCCOCCOC)cc2)cc1. The number of rotatable bonds is 52. The molecule has 0 unspecified atom stereocenters. The van der Waals surface area contributed by atoms with Crippen molar-refractivity contribution in [2.45, 2.75) is 6.92 Å². The standard InChI is InChI=1S/C48H80O19/c1-3-66-48(49)46-6-4-44(5-7-46)45-8-10-47(11-9-45)67-43-42-65-41-40-64-39-38-63-37-36-62-35-34-61-33-32-60-31-30-59-29-28-58-27-26-57-25-24-56-23-22-55-21-20-54-19-18-53-17-16-52-15-14-51-13-12-50-2/h4-11H,3,12-43H2,1-2H3. The maximum absolute atomic E-state index is 11.8. The van der Waals surface area contributed by atoms with Crippen molar-refractivity contribution in [2.75, 3.05) is 225 Å². The molecule has 0 aromatic heterocycles. The molecular formula is C48H80O19. The molecule has 0 heterocycles. The summed E-state index contributed by atoms with van der Waals surface area (Å²) in [5, 5.41) is 0. The lowest BCUT2D eigenvalue weighted by Gasteiger charge is -2.09. The Morgan fingerprint density at radius 3 is 0.776 bits per heavy atom. The summed E-state index contributed by atoms with van der Waals surface area (Å²) in [7, 11) is 1.64. The number of carbonyl (C=O) groups is 1. The summed E-state index contributed by atoms with van der Waals surface area (Å²) in [4.78, 5) is 11.8. The molecule has 0 aliphatic rings. The molecule has 2 aromatic carbocycles. The molecule has 0 N–H and O–H groups in total. The van der Waals surface area contributed by atoms with Crippen molar-refractivity contribution >= 4 is 5.97 Å². The van der Waals surface area contributed by atoms with Crippen molar-refractivity contribution in [2.24, 2.45) is 0 Å². The Morgan fingerprint density at radius 2 is 0.537 bits per heavy atom. The first kappa shape index (κ1) is 60.2. The highest BCUT2D eigenvalue weighted by molar-refractivity contribution is 5.90. The molecule has 386 valence electrons. The molecular weight excluding hydrogens is 881 g/mol. The van der Waals surface area contributed by atoms with Crippen molar-refractivity contribution in [1.82, 2.24) is 0 Å². The van der Waals surface area contributed by atoms with Crippen LogP contribution in [0.4, 0.5) is 0 Å². The van der Waals surface area contributed by atoms with Crippen LogP contribution >= 0.6 is 0 Å². The van der Waals surface area contributed by atoms with E-state index in [2.05, 4.69) is 0 Å². The summed E-state index contributed by atoms with van der Waals surface area (Å²) in [6.07, 6.45) is 0. The highest BCUT2D eigenvalue weighted by Crippen LogP contribution is 2.23. The van der Waals surface area contributed by atoms with Gasteiger partial charge in [0.15, 0.2) is 0 Å². The van der Waals surface area contributed by atoms with E-state index in [1.165, 1.54) is 0 Å². The first-order valence-electron chi connectivity index (χ1n) is 23.4. The third kappa shape index (κ3) is 38.6. The largest absolute Gasteiger partial charge is 0.491 e. The fourth-order valence-corrected chi connectivity index (χ4v) is 5.30. The monoisotopic (exact) mass is 961 g/mol. The second-order valence-corrected chi connectivity index (χ2v) is 13.8. The van der Waals surface area contributed by atoms with Crippen LogP contribution in [0.5, 0.6) is 5.75 Å². The predicted molar refractivity (Wildman–Crippen MR) is 247 cm³/mol. The summed E-state index contributed by atoms with van der Waals surface area (Å²) >= 11 is 0. The molecule has 0 atom stereocenters. The molecule has 0 radical (unpaired) electrons. The van der Waals surface area contributed by atoms with Crippen LogP contribution in [0.3, 0.4) is 0 Å². The van der Waals surface area contributed by atoms with Crippen molar-refractivity contribution in [3.8, 4) is 16.9 Å². The van der Waals surface area contributed by atoms with Gasteiger partial charge in [0.25, 0.3) is 0 Å². The van der Waals surface area contributed by atoms with Gasteiger partial charge in [-0.3, -0.25) is 0 Å². The van der Waals surface area contributed by atoms with E-state index in [-0.39, 0.29) is 5.97 Å². The van der Waals surface area contributed by atoms with Gasteiger partial charge >= 0.3 is 5.97 Å². The van der Waals surface area contributed by atoms with Crippen LogP contribution in [0, 0.1) is 0 Å². The van der Waals surface area contributed by atoms with Crippen LogP contribution in [0.25, 0.3) is 11.1 Å². The highest BCUT2D eigenvalue weighted by Gasteiger charge is 2.07. The van der Waals surface area contributed by atoms with Gasteiger partial charge < -0.3 is 85.3 Å². The third-order valence-corrected chi connectivity index (χ3v) is 8.72. The minimum absolute atomic E-state index is 0.319. The Kier molecular flexibility index (Phi) is 43.2. The Hall–Kier alpha value is -2.93. The second kappa shape index (κ2) is 48.1. The highest BCUT2D eigenvalue weighted by atomic mass is 16.6. The zero-order valence-corrected chi connectivity index (χ0v) is 40.2. The van der Waals surface area contributed by atoms with Gasteiger partial charge in [-0.2, -0.15) is 0 Å². The van der Waals surface area contributed by atoms with Gasteiger partial charge in [-0.1, -0.05) is 24.3 Å². The summed E-state index contributed by atoms with van der Waals surface area (Å²) in [5.74, 6) is 0.438. The van der Waals surface area contributed by atoms with Gasteiger partial charge in [0.1, 0.15) is 12.4 Å². The fourth-order valence-electron chi connectivity index (χ4n) is 5.30. The first-order chi connectivity index (χ1) is 33.2. The molecule has 67 heavy (non-hydrogen) atoms. The van der Waals surface area contributed by atoms with Crippen LogP contribution < -0.4 is 4.74 Å². The van der Waals surface area contributed by atoms with Gasteiger partial charge in [0.2, 0.25) is 0 Å². The Balaban J connectivity index is 1.16. The van der Waals surface area contributed by atoms with E-state index in [0.29, 0.717) is 224 Å². The van der Waals surface area contributed by atoms with Gasteiger partial charge in [-0.25, -0.2) is 4.79 Å². The van der Waals surface area contributed by atoms with Gasteiger partial charge in [0, 0.05) is 7.11 Å². The molecule has 0 fully saturated rings. The van der Waals surface area contributed by atoms with E-state index in [4.69, 9.17) is 85.3 Å². The van der Waals surface area contributed by atoms with Gasteiger partial charge in [-0.05, 0) is 42.3 Å². The zero-order chi connectivity index (χ0) is 47.6.